The van der Waals surface area contributed by atoms with Gasteiger partial charge in [0, 0.05) is 26.3 Å². The molecule has 0 aliphatic heterocycles. The van der Waals surface area contributed by atoms with Gasteiger partial charge in [-0.25, -0.2) is 4.98 Å². The minimum Gasteiger partial charge on any atom is -0.308 e. The SMILES string of the molecule is Cc1cc(C)c2nc(N(CCN(C)C)C(=O)c3ccnn3C)sc2c1.Cl. The summed E-state index contributed by atoms with van der Waals surface area (Å²) < 4.78 is 2.72. The van der Waals surface area contributed by atoms with Crippen LogP contribution in [0, 0.1) is 13.8 Å². The Hall–Kier alpha value is -1.96. The summed E-state index contributed by atoms with van der Waals surface area (Å²) in [6.07, 6.45) is 1.64. The number of hydrogen-bond acceptors (Lipinski definition) is 5. The van der Waals surface area contributed by atoms with Crippen LogP contribution in [0.2, 0.25) is 0 Å². The molecule has 0 fully saturated rings. The van der Waals surface area contributed by atoms with Crippen LogP contribution in [0.4, 0.5) is 5.13 Å². The third kappa shape index (κ3) is 4.06. The maximum absolute atomic E-state index is 13.1. The molecule has 2 heterocycles. The van der Waals surface area contributed by atoms with Crippen molar-refractivity contribution in [2.75, 3.05) is 32.1 Å². The molecule has 0 radical (unpaired) electrons. The summed E-state index contributed by atoms with van der Waals surface area (Å²) in [6, 6.07) is 5.99. The lowest BCUT2D eigenvalue weighted by atomic mass is 10.1. The monoisotopic (exact) mass is 393 g/mol. The number of fused-ring (bicyclic) bond motifs is 1. The normalized spacial score (nSPS) is 11.0. The molecule has 0 bridgehead atoms. The van der Waals surface area contributed by atoms with E-state index in [1.807, 2.05) is 14.1 Å². The number of nitrogens with zero attached hydrogens (tertiary/aromatic N) is 5. The second-order valence-corrected chi connectivity index (χ2v) is 7.53. The van der Waals surface area contributed by atoms with Gasteiger partial charge in [-0.1, -0.05) is 17.4 Å². The van der Waals surface area contributed by atoms with Crippen LogP contribution in [0.25, 0.3) is 10.2 Å². The predicted molar refractivity (Wildman–Crippen MR) is 110 cm³/mol. The van der Waals surface area contributed by atoms with Crippen molar-refractivity contribution in [1.82, 2.24) is 19.7 Å². The van der Waals surface area contributed by atoms with Gasteiger partial charge in [0.05, 0.1) is 10.2 Å². The zero-order chi connectivity index (χ0) is 18.1. The molecule has 0 atom stereocenters. The predicted octanol–water partition coefficient (Wildman–Crippen LogP) is 3.28. The zero-order valence-corrected chi connectivity index (χ0v) is 17.3. The molecule has 140 valence electrons. The van der Waals surface area contributed by atoms with E-state index in [4.69, 9.17) is 4.98 Å². The first kappa shape index (κ1) is 20.4. The fourth-order valence-corrected chi connectivity index (χ4v) is 3.95. The number of anilines is 1. The smallest absolute Gasteiger partial charge is 0.278 e. The number of aromatic nitrogens is 3. The molecule has 0 unspecified atom stereocenters. The largest absolute Gasteiger partial charge is 0.308 e. The number of carbonyl (C=O) groups excluding carboxylic acids is 1. The Labute approximate surface area is 163 Å². The molecule has 3 aromatic rings. The summed E-state index contributed by atoms with van der Waals surface area (Å²) in [5.74, 6) is -0.0738. The van der Waals surface area contributed by atoms with E-state index in [1.54, 1.807) is 40.2 Å². The number of likely N-dealkylation sites (N-methyl/N-ethyl adjacent to an activating group) is 1. The number of halogens is 1. The number of amides is 1. The second kappa shape index (κ2) is 8.16. The molecule has 0 N–H and O–H groups in total. The van der Waals surface area contributed by atoms with Gasteiger partial charge < -0.3 is 4.90 Å². The first-order valence-electron chi connectivity index (χ1n) is 8.19. The standard InChI is InChI=1S/C18H23N5OS.ClH/c1-12-10-13(2)16-15(11-12)25-18(20-16)23(9-8-21(3)4)17(24)14-6-7-19-22(14)5;/h6-7,10-11H,8-9H2,1-5H3;1H. The Kier molecular flexibility index (Phi) is 6.39. The minimum absolute atomic E-state index is 0. The van der Waals surface area contributed by atoms with Crippen LogP contribution >= 0.6 is 23.7 Å². The number of hydrogen-bond donors (Lipinski definition) is 0. The highest BCUT2D eigenvalue weighted by Crippen LogP contribution is 2.32. The lowest BCUT2D eigenvalue weighted by Gasteiger charge is -2.21. The first-order valence-corrected chi connectivity index (χ1v) is 9.01. The first-order chi connectivity index (χ1) is 11.9. The maximum Gasteiger partial charge on any atom is 0.278 e. The van der Waals surface area contributed by atoms with Gasteiger partial charge in [-0.05, 0) is 51.2 Å². The lowest BCUT2D eigenvalue weighted by Crippen LogP contribution is -2.37. The molecule has 3 rings (SSSR count). The van der Waals surface area contributed by atoms with Crippen molar-refractivity contribution in [3.8, 4) is 0 Å². The van der Waals surface area contributed by atoms with Crippen LogP contribution < -0.4 is 4.90 Å². The van der Waals surface area contributed by atoms with E-state index in [9.17, 15) is 4.79 Å². The van der Waals surface area contributed by atoms with E-state index in [0.717, 1.165) is 27.5 Å². The molecule has 0 spiro atoms. The summed E-state index contributed by atoms with van der Waals surface area (Å²) in [4.78, 5) is 21.7. The summed E-state index contributed by atoms with van der Waals surface area (Å²) in [6.45, 7) is 5.48. The lowest BCUT2D eigenvalue weighted by molar-refractivity contribution is 0.0976. The Morgan fingerprint density at radius 1 is 1.23 bits per heavy atom. The highest BCUT2D eigenvalue weighted by Gasteiger charge is 2.23. The summed E-state index contributed by atoms with van der Waals surface area (Å²) in [5, 5.41) is 4.85. The summed E-state index contributed by atoms with van der Waals surface area (Å²) in [7, 11) is 5.78. The Bertz CT molecular complexity index is 918. The highest BCUT2D eigenvalue weighted by atomic mass is 35.5. The fourth-order valence-electron chi connectivity index (χ4n) is 2.78. The van der Waals surface area contributed by atoms with Gasteiger partial charge in [0.15, 0.2) is 5.13 Å². The van der Waals surface area contributed by atoms with Gasteiger partial charge in [-0.15, -0.1) is 12.4 Å². The molecule has 6 nitrogen and oxygen atoms in total. The van der Waals surface area contributed by atoms with E-state index >= 15 is 0 Å². The fraction of sp³-hybridized carbons (Fsp3) is 0.389. The van der Waals surface area contributed by atoms with Crippen LogP contribution in [-0.2, 0) is 7.05 Å². The van der Waals surface area contributed by atoms with E-state index < -0.39 is 0 Å². The molecule has 2 aromatic heterocycles. The maximum atomic E-state index is 13.1. The third-order valence-electron chi connectivity index (χ3n) is 4.11. The molecule has 0 aliphatic carbocycles. The number of benzene rings is 1. The molecule has 8 heteroatoms. The molecular weight excluding hydrogens is 370 g/mol. The minimum atomic E-state index is -0.0738. The third-order valence-corrected chi connectivity index (χ3v) is 5.13. The quantitative estimate of drug-likeness (QED) is 0.667. The summed E-state index contributed by atoms with van der Waals surface area (Å²) in [5.41, 5.74) is 3.88. The number of carbonyl (C=O) groups is 1. The molecular formula is C18H24ClN5OS. The van der Waals surface area contributed by atoms with Crippen molar-refractivity contribution in [3.63, 3.8) is 0 Å². The van der Waals surface area contributed by atoms with Gasteiger partial charge in [0.1, 0.15) is 5.69 Å². The van der Waals surface area contributed by atoms with Crippen molar-refractivity contribution in [2.24, 2.45) is 7.05 Å². The number of thiazole rings is 1. The summed E-state index contributed by atoms with van der Waals surface area (Å²) >= 11 is 1.56. The molecule has 0 saturated carbocycles. The van der Waals surface area contributed by atoms with Gasteiger partial charge >= 0.3 is 0 Å². The van der Waals surface area contributed by atoms with Crippen molar-refractivity contribution in [1.29, 1.82) is 0 Å². The van der Waals surface area contributed by atoms with Crippen LogP contribution in [0.1, 0.15) is 21.6 Å². The van der Waals surface area contributed by atoms with Crippen LogP contribution in [0.15, 0.2) is 24.4 Å². The van der Waals surface area contributed by atoms with Gasteiger partial charge in [0.25, 0.3) is 5.91 Å². The molecule has 0 aliphatic rings. The van der Waals surface area contributed by atoms with E-state index in [-0.39, 0.29) is 18.3 Å². The van der Waals surface area contributed by atoms with Gasteiger partial charge in [-0.3, -0.25) is 14.4 Å². The van der Waals surface area contributed by atoms with E-state index in [1.165, 1.54) is 5.56 Å². The van der Waals surface area contributed by atoms with Crippen LogP contribution in [-0.4, -0.2) is 52.8 Å². The number of aryl methyl sites for hydroxylation is 3. The van der Waals surface area contributed by atoms with Crippen LogP contribution in [0.5, 0.6) is 0 Å². The highest BCUT2D eigenvalue weighted by molar-refractivity contribution is 7.22. The zero-order valence-electron chi connectivity index (χ0n) is 15.7. The van der Waals surface area contributed by atoms with Crippen molar-refractivity contribution < 1.29 is 4.79 Å². The van der Waals surface area contributed by atoms with E-state index in [0.29, 0.717) is 12.2 Å². The second-order valence-electron chi connectivity index (χ2n) is 6.53. The van der Waals surface area contributed by atoms with E-state index in [2.05, 4.69) is 36.0 Å². The van der Waals surface area contributed by atoms with Crippen molar-refractivity contribution in [3.05, 3.63) is 41.2 Å². The van der Waals surface area contributed by atoms with Crippen LogP contribution in [0.3, 0.4) is 0 Å². The average Bonchev–Trinajstić information content (AvgIpc) is 3.13. The topological polar surface area (TPSA) is 54.3 Å². The average molecular weight is 394 g/mol. The van der Waals surface area contributed by atoms with Gasteiger partial charge in [0.2, 0.25) is 0 Å². The Balaban J connectivity index is 0.00000243. The molecule has 0 saturated heterocycles. The Morgan fingerprint density at radius 3 is 2.58 bits per heavy atom. The molecule has 26 heavy (non-hydrogen) atoms. The Morgan fingerprint density at radius 2 is 1.96 bits per heavy atom. The van der Waals surface area contributed by atoms with Gasteiger partial charge in [-0.2, -0.15) is 5.10 Å². The molecule has 1 amide bonds. The van der Waals surface area contributed by atoms with Crippen molar-refractivity contribution in [2.45, 2.75) is 13.8 Å². The number of rotatable bonds is 5. The van der Waals surface area contributed by atoms with Crippen molar-refractivity contribution >= 4 is 45.0 Å². The molecule has 1 aromatic carbocycles.